The van der Waals surface area contributed by atoms with E-state index in [1.54, 1.807) is 0 Å². The van der Waals surface area contributed by atoms with E-state index in [-0.39, 0.29) is 24.1 Å². The van der Waals surface area contributed by atoms with E-state index in [4.69, 9.17) is 13.6 Å². The molecule has 0 bridgehead atoms. The Morgan fingerprint density at radius 2 is 1.79 bits per heavy atom. The lowest BCUT2D eigenvalue weighted by atomic mass is 9.98. The van der Waals surface area contributed by atoms with Crippen molar-refractivity contribution in [2.45, 2.75) is 59.5 Å². The van der Waals surface area contributed by atoms with Crippen LogP contribution in [-0.2, 0) is 16.0 Å². The Morgan fingerprint density at radius 1 is 1.07 bits per heavy atom. The molecule has 154 valence electrons. The summed E-state index contributed by atoms with van der Waals surface area (Å²) in [5.74, 6) is 0.786. The van der Waals surface area contributed by atoms with Gasteiger partial charge in [-0.3, -0.25) is 4.79 Å². The maximum atomic E-state index is 12.6. The summed E-state index contributed by atoms with van der Waals surface area (Å²) in [6.45, 7) is 9.09. The molecule has 6 heteroatoms. The number of fused-ring (bicyclic) bond motifs is 2. The van der Waals surface area contributed by atoms with E-state index >= 15 is 0 Å². The molecule has 0 saturated carbocycles. The molecule has 1 atom stereocenters. The molecule has 1 aliphatic rings. The van der Waals surface area contributed by atoms with Gasteiger partial charge >= 0.3 is 5.63 Å². The molecular weight excluding hydrogens is 370 g/mol. The van der Waals surface area contributed by atoms with E-state index in [2.05, 4.69) is 5.32 Å². The second-order valence-corrected chi connectivity index (χ2v) is 7.97. The van der Waals surface area contributed by atoms with E-state index in [0.717, 1.165) is 58.3 Å². The fourth-order valence-corrected chi connectivity index (χ4v) is 4.14. The minimum absolute atomic E-state index is 0.0765. The molecule has 1 saturated heterocycles. The van der Waals surface area contributed by atoms with E-state index in [1.807, 2.05) is 33.8 Å². The van der Waals surface area contributed by atoms with Crippen molar-refractivity contribution in [3.05, 3.63) is 44.5 Å². The van der Waals surface area contributed by atoms with Crippen molar-refractivity contribution in [3.8, 4) is 0 Å². The first-order chi connectivity index (χ1) is 13.9. The molecule has 1 aliphatic heterocycles. The highest BCUT2D eigenvalue weighted by molar-refractivity contribution is 6.00. The highest BCUT2D eigenvalue weighted by atomic mass is 16.5. The average Bonchev–Trinajstić information content (AvgIpc) is 3.30. The Kier molecular flexibility index (Phi) is 5.21. The maximum Gasteiger partial charge on any atom is 0.339 e. The van der Waals surface area contributed by atoms with E-state index in [1.165, 1.54) is 0 Å². The molecule has 6 nitrogen and oxygen atoms in total. The quantitative estimate of drug-likeness (QED) is 0.658. The normalized spacial score (nSPS) is 16.8. The summed E-state index contributed by atoms with van der Waals surface area (Å²) in [5, 5.41) is 4.83. The predicted octanol–water partition coefficient (Wildman–Crippen LogP) is 4.00. The fourth-order valence-electron chi connectivity index (χ4n) is 4.14. The van der Waals surface area contributed by atoms with Gasteiger partial charge in [-0.2, -0.15) is 0 Å². The largest absolute Gasteiger partial charge is 0.461 e. The number of hydrogen-bond acceptors (Lipinski definition) is 5. The lowest BCUT2D eigenvalue weighted by molar-refractivity contribution is -0.121. The third-order valence-corrected chi connectivity index (χ3v) is 6.10. The van der Waals surface area contributed by atoms with Gasteiger partial charge in [0.2, 0.25) is 5.91 Å². The van der Waals surface area contributed by atoms with Crippen LogP contribution in [0.4, 0.5) is 0 Å². The molecule has 0 spiro atoms. The molecule has 1 aromatic carbocycles. The van der Waals surface area contributed by atoms with Crippen molar-refractivity contribution >= 4 is 27.8 Å². The van der Waals surface area contributed by atoms with Crippen LogP contribution >= 0.6 is 0 Å². The second-order valence-electron chi connectivity index (χ2n) is 7.97. The van der Waals surface area contributed by atoms with Crippen LogP contribution in [0, 0.1) is 27.7 Å². The standard InChI is InChI=1S/C23H27NO5/c1-12-15(4)28-21-14(3)22-19(10-18(12)21)13(2)17(23(26)29-22)7-8-20(25)24-11-16-6-5-9-27-16/h10,16H,5-9,11H2,1-4H3,(H,24,25)/t16-/m1/s1. The summed E-state index contributed by atoms with van der Waals surface area (Å²) in [4.78, 5) is 24.9. The number of nitrogens with one attached hydrogen (secondary N) is 1. The number of ether oxygens (including phenoxy) is 1. The molecule has 29 heavy (non-hydrogen) atoms. The van der Waals surface area contributed by atoms with Gasteiger partial charge in [-0.1, -0.05) is 0 Å². The van der Waals surface area contributed by atoms with Crippen LogP contribution in [0.2, 0.25) is 0 Å². The van der Waals surface area contributed by atoms with Gasteiger partial charge < -0.3 is 18.9 Å². The van der Waals surface area contributed by atoms with Gasteiger partial charge in [0.25, 0.3) is 0 Å². The van der Waals surface area contributed by atoms with Crippen LogP contribution in [0.1, 0.15) is 47.3 Å². The Hall–Kier alpha value is -2.60. The van der Waals surface area contributed by atoms with Crippen molar-refractivity contribution in [1.29, 1.82) is 0 Å². The monoisotopic (exact) mass is 397 g/mol. The number of furan rings is 1. The third-order valence-electron chi connectivity index (χ3n) is 6.10. The molecule has 1 N–H and O–H groups in total. The molecule has 0 radical (unpaired) electrons. The summed E-state index contributed by atoms with van der Waals surface area (Å²) in [6.07, 6.45) is 2.73. The molecule has 4 rings (SSSR count). The van der Waals surface area contributed by atoms with E-state index in [0.29, 0.717) is 24.1 Å². The van der Waals surface area contributed by atoms with Crippen LogP contribution in [0.15, 0.2) is 19.7 Å². The van der Waals surface area contributed by atoms with Crippen molar-refractivity contribution in [3.63, 3.8) is 0 Å². The van der Waals surface area contributed by atoms with E-state index in [9.17, 15) is 9.59 Å². The van der Waals surface area contributed by atoms with Gasteiger partial charge in [-0.15, -0.1) is 0 Å². The van der Waals surface area contributed by atoms with Crippen LogP contribution in [0.25, 0.3) is 21.9 Å². The Balaban J connectivity index is 1.61. The molecule has 0 unspecified atom stereocenters. The van der Waals surface area contributed by atoms with Crippen molar-refractivity contribution in [2.24, 2.45) is 0 Å². The number of benzene rings is 1. The molecule has 2 aromatic heterocycles. The summed E-state index contributed by atoms with van der Waals surface area (Å²) in [5.41, 5.74) is 4.27. The van der Waals surface area contributed by atoms with Gasteiger partial charge in [-0.05, 0) is 64.2 Å². The van der Waals surface area contributed by atoms with Crippen molar-refractivity contribution < 1.29 is 18.4 Å². The Bertz CT molecular complexity index is 1150. The van der Waals surface area contributed by atoms with Gasteiger partial charge in [0.1, 0.15) is 16.9 Å². The lowest BCUT2D eigenvalue weighted by Gasteiger charge is -2.12. The minimum Gasteiger partial charge on any atom is -0.461 e. The predicted molar refractivity (Wildman–Crippen MR) is 112 cm³/mol. The summed E-state index contributed by atoms with van der Waals surface area (Å²) < 4.78 is 17.1. The number of carbonyl (C=O) groups is 1. The molecule has 1 fully saturated rings. The summed E-state index contributed by atoms with van der Waals surface area (Å²) >= 11 is 0. The molecule has 3 aromatic rings. The number of aryl methyl sites for hydroxylation is 4. The molecule has 1 amide bonds. The Morgan fingerprint density at radius 3 is 2.52 bits per heavy atom. The first-order valence-corrected chi connectivity index (χ1v) is 10.2. The second kappa shape index (κ2) is 7.67. The number of hydrogen-bond donors (Lipinski definition) is 1. The third kappa shape index (κ3) is 3.57. The average molecular weight is 397 g/mol. The number of carbonyl (C=O) groups excluding carboxylic acids is 1. The zero-order valence-electron chi connectivity index (χ0n) is 17.4. The van der Waals surface area contributed by atoms with Crippen molar-refractivity contribution in [1.82, 2.24) is 5.32 Å². The highest BCUT2D eigenvalue weighted by Gasteiger charge is 2.20. The Labute approximate surface area is 169 Å². The minimum atomic E-state index is -0.385. The van der Waals surface area contributed by atoms with Crippen LogP contribution in [0.3, 0.4) is 0 Å². The molecular formula is C23H27NO5. The molecule has 0 aliphatic carbocycles. The first-order valence-electron chi connectivity index (χ1n) is 10.2. The van der Waals surface area contributed by atoms with Gasteiger partial charge in [0.05, 0.1) is 6.10 Å². The topological polar surface area (TPSA) is 81.7 Å². The number of amides is 1. The molecule has 3 heterocycles. The zero-order valence-corrected chi connectivity index (χ0v) is 17.4. The van der Waals surface area contributed by atoms with Crippen molar-refractivity contribution in [2.75, 3.05) is 13.2 Å². The SMILES string of the molecule is Cc1oc2c(C)c3oc(=O)c(CCC(=O)NC[C@H]4CCCO4)c(C)c3cc2c1C. The lowest BCUT2D eigenvalue weighted by Crippen LogP contribution is -2.32. The van der Waals surface area contributed by atoms with Crippen LogP contribution in [-0.4, -0.2) is 25.2 Å². The number of rotatable bonds is 5. The van der Waals surface area contributed by atoms with Gasteiger partial charge in [0.15, 0.2) is 0 Å². The van der Waals surface area contributed by atoms with Gasteiger partial charge in [0, 0.05) is 41.5 Å². The highest BCUT2D eigenvalue weighted by Crippen LogP contribution is 2.34. The smallest absolute Gasteiger partial charge is 0.339 e. The van der Waals surface area contributed by atoms with E-state index < -0.39 is 0 Å². The summed E-state index contributed by atoms with van der Waals surface area (Å²) in [7, 11) is 0. The van der Waals surface area contributed by atoms with Crippen LogP contribution < -0.4 is 10.9 Å². The maximum absolute atomic E-state index is 12.6. The summed E-state index contributed by atoms with van der Waals surface area (Å²) in [6, 6.07) is 2.03. The van der Waals surface area contributed by atoms with Crippen LogP contribution in [0.5, 0.6) is 0 Å². The fraction of sp³-hybridized carbons (Fsp3) is 0.478. The first kappa shape index (κ1) is 19.7. The zero-order chi connectivity index (χ0) is 20.7. The van der Waals surface area contributed by atoms with Gasteiger partial charge in [-0.25, -0.2) is 4.79 Å².